The molecule has 1 aromatic rings. The van der Waals surface area contributed by atoms with Gasteiger partial charge in [-0.25, -0.2) is 18.7 Å². The molecular weight excluding hydrogens is 173 g/mol. The van der Waals surface area contributed by atoms with Crippen molar-refractivity contribution in [1.29, 1.82) is 0 Å². The van der Waals surface area contributed by atoms with E-state index in [-0.39, 0.29) is 0 Å². The molecule has 0 N–H and O–H groups in total. The van der Waals surface area contributed by atoms with Gasteiger partial charge >= 0.3 is 0 Å². The van der Waals surface area contributed by atoms with Crippen molar-refractivity contribution in [2.24, 2.45) is 0 Å². The van der Waals surface area contributed by atoms with Crippen molar-refractivity contribution in [1.82, 2.24) is 9.97 Å². The van der Waals surface area contributed by atoms with E-state index in [1.807, 2.05) is 0 Å². The van der Waals surface area contributed by atoms with Gasteiger partial charge in [-0.05, 0) is 0 Å². The molecule has 1 aromatic heterocycles. The smallest absolute Gasteiger partial charge is 0.275 e. The largest absolute Gasteiger partial charge is 0.468 e. The summed E-state index contributed by atoms with van der Waals surface area (Å²) in [5, 5.41) is 0. The van der Waals surface area contributed by atoms with Crippen molar-refractivity contribution in [3.05, 3.63) is 18.3 Å². The van der Waals surface area contributed by atoms with E-state index in [1.165, 1.54) is 0 Å². The highest BCUT2D eigenvalue weighted by molar-refractivity contribution is 5.04. The van der Waals surface area contributed by atoms with E-state index in [0.29, 0.717) is 0 Å². The Labute approximate surface area is 66.2 Å². The fraction of sp³-hybridized carbons (Fsp3) is 0.333. The summed E-state index contributed by atoms with van der Waals surface area (Å²) in [6.45, 7) is -0.879. The van der Waals surface area contributed by atoms with Gasteiger partial charge in [0.15, 0.2) is 6.61 Å². The van der Waals surface area contributed by atoms with Crippen LogP contribution in [0.15, 0.2) is 12.4 Å². The van der Waals surface area contributed by atoms with Crippen LogP contribution in [-0.4, -0.2) is 23.0 Å². The summed E-state index contributed by atoms with van der Waals surface area (Å²) in [7, 11) is 0. The third kappa shape index (κ3) is 2.37. The second-order valence-electron chi connectivity index (χ2n) is 1.85. The third-order valence-electron chi connectivity index (χ3n) is 0.969. The molecule has 0 aliphatic heterocycles. The van der Waals surface area contributed by atoms with E-state index >= 15 is 0 Å². The molecule has 0 aliphatic rings. The molecule has 0 aliphatic carbocycles. The molecule has 0 saturated carbocycles. The van der Waals surface area contributed by atoms with Gasteiger partial charge in [0.05, 0.1) is 0 Å². The van der Waals surface area contributed by atoms with Crippen LogP contribution in [-0.2, 0) is 0 Å². The Hall–Kier alpha value is -1.33. The lowest BCUT2D eigenvalue weighted by molar-refractivity contribution is 0.0768. The van der Waals surface area contributed by atoms with E-state index in [2.05, 4.69) is 14.7 Å². The topological polar surface area (TPSA) is 35.0 Å². The first-order chi connectivity index (χ1) is 5.70. The Morgan fingerprint density at radius 3 is 2.58 bits per heavy atom. The monoisotopic (exact) mass is 178 g/mol. The van der Waals surface area contributed by atoms with Crippen LogP contribution in [0.3, 0.4) is 0 Å². The number of hydrogen-bond acceptors (Lipinski definition) is 3. The average molecular weight is 178 g/mol. The van der Waals surface area contributed by atoms with Gasteiger partial charge in [0, 0.05) is 12.4 Å². The summed E-state index contributed by atoms with van der Waals surface area (Å²) in [6.07, 6.45) is -0.388. The lowest BCUT2D eigenvalue weighted by atomic mass is 10.7. The molecule has 0 atom stereocenters. The predicted octanol–water partition coefficient (Wildman–Crippen LogP) is 1.26. The van der Waals surface area contributed by atoms with Gasteiger partial charge in [-0.1, -0.05) is 0 Å². The maximum atomic E-state index is 12.5. The van der Waals surface area contributed by atoms with Crippen molar-refractivity contribution < 1.29 is 17.9 Å². The van der Waals surface area contributed by atoms with Crippen LogP contribution >= 0.6 is 0 Å². The lowest BCUT2D eigenvalue weighted by Gasteiger charge is -2.02. The summed E-state index contributed by atoms with van der Waals surface area (Å²) < 4.78 is 39.9. The Balaban J connectivity index is 2.57. The number of nitrogens with zero attached hydrogens (tertiary/aromatic N) is 2. The van der Waals surface area contributed by atoms with Crippen molar-refractivity contribution in [2.45, 2.75) is 6.43 Å². The molecule has 0 fully saturated rings. The molecule has 1 heterocycles. The highest BCUT2D eigenvalue weighted by Gasteiger charge is 2.08. The minimum atomic E-state index is -2.65. The van der Waals surface area contributed by atoms with Crippen LogP contribution in [0.25, 0.3) is 0 Å². The average Bonchev–Trinajstić information content (AvgIpc) is 2.03. The molecular formula is C6H5F3N2O. The van der Waals surface area contributed by atoms with Crippen LogP contribution in [0.4, 0.5) is 13.2 Å². The summed E-state index contributed by atoms with van der Waals surface area (Å²) in [4.78, 5) is 6.52. The fourth-order valence-corrected chi connectivity index (χ4v) is 0.547. The zero-order valence-corrected chi connectivity index (χ0v) is 5.88. The predicted molar refractivity (Wildman–Crippen MR) is 33.5 cm³/mol. The number of aromatic nitrogens is 2. The van der Waals surface area contributed by atoms with Crippen molar-refractivity contribution >= 4 is 0 Å². The molecule has 0 saturated heterocycles. The third-order valence-corrected chi connectivity index (χ3v) is 0.969. The van der Waals surface area contributed by atoms with Gasteiger partial charge in [-0.3, -0.25) is 0 Å². The molecule has 0 spiro atoms. The Morgan fingerprint density at radius 1 is 1.33 bits per heavy atom. The van der Waals surface area contributed by atoms with Gasteiger partial charge in [-0.15, -0.1) is 0 Å². The Bertz CT molecular complexity index is 256. The number of halogens is 3. The van der Waals surface area contributed by atoms with Gasteiger partial charge in [-0.2, -0.15) is 4.39 Å². The van der Waals surface area contributed by atoms with Crippen molar-refractivity contribution in [3.8, 4) is 5.88 Å². The van der Waals surface area contributed by atoms with E-state index in [9.17, 15) is 13.2 Å². The maximum absolute atomic E-state index is 12.5. The second-order valence-corrected chi connectivity index (χ2v) is 1.85. The first-order valence-corrected chi connectivity index (χ1v) is 3.07. The quantitative estimate of drug-likeness (QED) is 0.698. The lowest BCUT2D eigenvalue weighted by Crippen LogP contribution is -2.09. The highest BCUT2D eigenvalue weighted by Crippen LogP contribution is 2.09. The normalized spacial score (nSPS) is 10.3. The van der Waals surface area contributed by atoms with Crippen LogP contribution in [0.5, 0.6) is 5.88 Å². The summed E-state index contributed by atoms with van der Waals surface area (Å²) in [5.74, 6) is -1.49. The SMILES string of the molecule is Fc1nccnc1OCC(F)F. The second kappa shape index (κ2) is 3.89. The minimum absolute atomic E-state index is 0.502. The minimum Gasteiger partial charge on any atom is -0.468 e. The molecule has 6 heteroatoms. The Morgan fingerprint density at radius 2 is 2.00 bits per heavy atom. The summed E-state index contributed by atoms with van der Waals surface area (Å²) in [6, 6.07) is 0. The van der Waals surface area contributed by atoms with E-state index in [0.717, 1.165) is 12.4 Å². The zero-order valence-electron chi connectivity index (χ0n) is 5.88. The highest BCUT2D eigenvalue weighted by atomic mass is 19.3. The first-order valence-electron chi connectivity index (χ1n) is 3.07. The number of hydrogen-bond donors (Lipinski definition) is 0. The number of rotatable bonds is 3. The van der Waals surface area contributed by atoms with Crippen LogP contribution in [0.1, 0.15) is 0 Å². The van der Waals surface area contributed by atoms with Gasteiger partial charge < -0.3 is 4.74 Å². The van der Waals surface area contributed by atoms with Crippen molar-refractivity contribution in [2.75, 3.05) is 6.61 Å². The van der Waals surface area contributed by atoms with Gasteiger partial charge in [0.25, 0.3) is 18.3 Å². The van der Waals surface area contributed by atoms with E-state index in [4.69, 9.17) is 0 Å². The van der Waals surface area contributed by atoms with Gasteiger partial charge in [0.1, 0.15) is 0 Å². The summed E-state index contributed by atoms with van der Waals surface area (Å²) in [5.41, 5.74) is 0. The molecule has 3 nitrogen and oxygen atoms in total. The van der Waals surface area contributed by atoms with E-state index in [1.54, 1.807) is 0 Å². The number of ether oxygens (including phenoxy) is 1. The maximum Gasteiger partial charge on any atom is 0.275 e. The van der Waals surface area contributed by atoms with Gasteiger partial charge in [0.2, 0.25) is 0 Å². The summed E-state index contributed by atoms with van der Waals surface area (Å²) >= 11 is 0. The van der Waals surface area contributed by atoms with Crippen LogP contribution in [0.2, 0.25) is 0 Å². The van der Waals surface area contributed by atoms with E-state index < -0.39 is 24.9 Å². The molecule has 12 heavy (non-hydrogen) atoms. The molecule has 0 radical (unpaired) electrons. The standard InChI is InChI=1S/C6H5F3N2O/c7-4(8)3-12-6-5(9)10-1-2-11-6/h1-2,4H,3H2. The molecule has 0 unspecified atom stereocenters. The zero-order chi connectivity index (χ0) is 8.97. The molecule has 66 valence electrons. The van der Waals surface area contributed by atoms with Crippen molar-refractivity contribution in [3.63, 3.8) is 0 Å². The molecule has 0 aromatic carbocycles. The van der Waals surface area contributed by atoms with Crippen LogP contribution in [0, 0.1) is 5.95 Å². The molecule has 0 bridgehead atoms. The fourth-order valence-electron chi connectivity index (χ4n) is 0.547. The number of alkyl halides is 2. The molecule has 0 amide bonds. The first kappa shape index (κ1) is 8.76. The van der Waals surface area contributed by atoms with Crippen LogP contribution < -0.4 is 4.74 Å². The molecule has 1 rings (SSSR count). The Kier molecular flexibility index (Phi) is 2.84.